The predicted octanol–water partition coefficient (Wildman–Crippen LogP) is 1.59. The maximum atomic E-state index is 13.1. The second-order valence-corrected chi connectivity index (χ2v) is 6.24. The van der Waals surface area contributed by atoms with E-state index in [2.05, 4.69) is 4.90 Å². The van der Waals surface area contributed by atoms with Gasteiger partial charge >= 0.3 is 0 Å². The van der Waals surface area contributed by atoms with E-state index >= 15 is 0 Å². The van der Waals surface area contributed by atoms with Crippen molar-refractivity contribution in [2.45, 2.75) is 31.0 Å². The van der Waals surface area contributed by atoms with Crippen LogP contribution in [0.5, 0.6) is 5.75 Å². The van der Waals surface area contributed by atoms with Crippen LogP contribution in [0.2, 0.25) is 0 Å². The Morgan fingerprint density at radius 3 is 2.89 bits per heavy atom. The van der Waals surface area contributed by atoms with E-state index in [0.717, 1.165) is 37.4 Å². The van der Waals surface area contributed by atoms with Crippen LogP contribution in [0.15, 0.2) is 18.2 Å². The molecule has 19 heavy (non-hydrogen) atoms. The fourth-order valence-electron chi connectivity index (χ4n) is 3.41. The molecule has 1 aliphatic carbocycles. The van der Waals surface area contributed by atoms with Crippen LogP contribution in [0, 0.1) is 11.7 Å². The zero-order valence-corrected chi connectivity index (χ0v) is 10.8. The molecule has 1 saturated heterocycles. The smallest absolute Gasteiger partial charge is 0.123 e. The largest absolute Gasteiger partial charge is 0.488 e. The maximum absolute atomic E-state index is 13.1. The van der Waals surface area contributed by atoms with E-state index in [9.17, 15) is 9.50 Å². The third kappa shape index (κ3) is 2.03. The number of hydrogen-bond acceptors (Lipinski definition) is 3. The number of likely N-dealkylation sites (tertiary alicyclic amines) is 1. The summed E-state index contributed by atoms with van der Waals surface area (Å²) < 4.78 is 18.9. The fraction of sp³-hybridized carbons (Fsp3) is 0.600. The molecule has 1 unspecified atom stereocenters. The van der Waals surface area contributed by atoms with Crippen LogP contribution in [0.1, 0.15) is 18.4 Å². The van der Waals surface area contributed by atoms with E-state index in [0.29, 0.717) is 5.92 Å². The Hall–Kier alpha value is -1.13. The lowest BCUT2D eigenvalue weighted by Gasteiger charge is -2.47. The monoisotopic (exact) mass is 263 g/mol. The molecule has 0 aromatic heterocycles. The lowest BCUT2D eigenvalue weighted by Crippen LogP contribution is -2.64. The molecule has 1 aromatic rings. The third-order valence-corrected chi connectivity index (χ3v) is 4.56. The average Bonchev–Trinajstić information content (AvgIpc) is 3.09. The minimum Gasteiger partial charge on any atom is -0.488 e. The van der Waals surface area contributed by atoms with Gasteiger partial charge in [0.25, 0.3) is 0 Å². The van der Waals surface area contributed by atoms with Crippen molar-refractivity contribution in [1.29, 1.82) is 0 Å². The van der Waals surface area contributed by atoms with Gasteiger partial charge in [0.05, 0.1) is 5.60 Å². The van der Waals surface area contributed by atoms with Gasteiger partial charge in [0.15, 0.2) is 0 Å². The number of β-amino-alcohol motifs (C(OH)–C–C–N with tert-alkyl or cyclic N) is 1. The number of nitrogens with zero attached hydrogens (tertiary/aromatic N) is 1. The molecular weight excluding hydrogens is 245 g/mol. The summed E-state index contributed by atoms with van der Waals surface area (Å²) in [4.78, 5) is 2.24. The zero-order valence-electron chi connectivity index (χ0n) is 10.8. The minimum atomic E-state index is -0.433. The summed E-state index contributed by atoms with van der Waals surface area (Å²) in [5, 5.41) is 10.3. The second-order valence-electron chi connectivity index (χ2n) is 6.24. The summed E-state index contributed by atoms with van der Waals surface area (Å²) >= 11 is 0. The number of hydrogen-bond donors (Lipinski definition) is 1. The summed E-state index contributed by atoms with van der Waals surface area (Å²) in [7, 11) is 0. The van der Waals surface area contributed by atoms with E-state index in [1.165, 1.54) is 18.9 Å². The Kier molecular flexibility index (Phi) is 2.42. The predicted molar refractivity (Wildman–Crippen MR) is 68.6 cm³/mol. The van der Waals surface area contributed by atoms with Gasteiger partial charge in [-0.05, 0) is 37.0 Å². The Morgan fingerprint density at radius 2 is 2.16 bits per heavy atom. The van der Waals surface area contributed by atoms with Crippen molar-refractivity contribution in [2.75, 3.05) is 19.6 Å². The van der Waals surface area contributed by atoms with Crippen molar-refractivity contribution >= 4 is 0 Å². The second kappa shape index (κ2) is 3.93. The summed E-state index contributed by atoms with van der Waals surface area (Å²) in [6.45, 7) is 2.36. The number of fused-ring (bicyclic) bond motifs is 1. The summed E-state index contributed by atoms with van der Waals surface area (Å²) in [6.07, 6.45) is 3.22. The standard InChI is InChI=1S/C15H18FNO2/c16-12-3-4-14-10(5-12)6-13(19-14)7-17-8-15(18,9-17)11-1-2-11/h3-5,11,13,18H,1-2,6-9H2. The van der Waals surface area contributed by atoms with Gasteiger partial charge in [-0.25, -0.2) is 4.39 Å². The number of aliphatic hydroxyl groups is 1. The Bertz CT molecular complexity index is 509. The average molecular weight is 263 g/mol. The van der Waals surface area contributed by atoms with E-state index in [1.807, 2.05) is 0 Å². The first-order valence-corrected chi connectivity index (χ1v) is 7.02. The van der Waals surface area contributed by atoms with Crippen LogP contribution in [0.3, 0.4) is 0 Å². The molecule has 2 fully saturated rings. The van der Waals surface area contributed by atoms with E-state index < -0.39 is 5.60 Å². The van der Waals surface area contributed by atoms with Crippen LogP contribution in [-0.4, -0.2) is 41.3 Å². The molecule has 4 heteroatoms. The lowest BCUT2D eigenvalue weighted by molar-refractivity contribution is -0.119. The zero-order chi connectivity index (χ0) is 13.0. The first kappa shape index (κ1) is 11.7. The third-order valence-electron chi connectivity index (χ3n) is 4.56. The van der Waals surface area contributed by atoms with Gasteiger partial charge in [0, 0.05) is 31.6 Å². The molecule has 3 nitrogen and oxygen atoms in total. The quantitative estimate of drug-likeness (QED) is 0.899. The molecule has 2 aliphatic heterocycles. The van der Waals surface area contributed by atoms with Gasteiger partial charge in [-0.1, -0.05) is 0 Å². The van der Waals surface area contributed by atoms with Crippen LogP contribution in [0.25, 0.3) is 0 Å². The molecule has 0 amide bonds. The lowest BCUT2D eigenvalue weighted by atomic mass is 9.88. The molecule has 102 valence electrons. The Balaban J connectivity index is 1.34. The van der Waals surface area contributed by atoms with Crippen LogP contribution in [0.4, 0.5) is 4.39 Å². The topological polar surface area (TPSA) is 32.7 Å². The van der Waals surface area contributed by atoms with E-state index in [4.69, 9.17) is 4.74 Å². The minimum absolute atomic E-state index is 0.0977. The van der Waals surface area contributed by atoms with Crippen molar-refractivity contribution < 1.29 is 14.2 Å². The molecule has 1 N–H and O–H groups in total. The molecule has 4 rings (SSSR count). The van der Waals surface area contributed by atoms with Gasteiger partial charge in [-0.3, -0.25) is 4.90 Å². The molecule has 3 aliphatic rings. The number of benzene rings is 1. The molecule has 2 heterocycles. The number of ether oxygens (including phenoxy) is 1. The van der Waals surface area contributed by atoms with Gasteiger partial charge in [0.1, 0.15) is 17.7 Å². The van der Waals surface area contributed by atoms with E-state index in [1.54, 1.807) is 12.1 Å². The van der Waals surface area contributed by atoms with Crippen molar-refractivity contribution in [1.82, 2.24) is 4.90 Å². The summed E-state index contributed by atoms with van der Waals surface area (Å²) in [6, 6.07) is 4.71. The SMILES string of the molecule is OC1(C2CC2)CN(CC2Cc3cc(F)ccc3O2)C1. The number of rotatable bonds is 3. The van der Waals surface area contributed by atoms with E-state index in [-0.39, 0.29) is 11.9 Å². The highest BCUT2D eigenvalue weighted by atomic mass is 19.1. The van der Waals surface area contributed by atoms with Crippen LogP contribution >= 0.6 is 0 Å². The van der Waals surface area contributed by atoms with Gasteiger partial charge < -0.3 is 9.84 Å². The molecule has 0 radical (unpaired) electrons. The van der Waals surface area contributed by atoms with Gasteiger partial charge in [-0.2, -0.15) is 0 Å². The first-order chi connectivity index (χ1) is 9.12. The molecule has 1 atom stereocenters. The highest BCUT2D eigenvalue weighted by Gasteiger charge is 2.52. The molecule has 0 bridgehead atoms. The Labute approximate surface area is 112 Å². The maximum Gasteiger partial charge on any atom is 0.123 e. The van der Waals surface area contributed by atoms with Crippen molar-refractivity contribution in [3.05, 3.63) is 29.6 Å². The normalized spacial score (nSPS) is 28.6. The molecular formula is C15H18FNO2. The molecule has 1 aromatic carbocycles. The molecule has 1 saturated carbocycles. The first-order valence-electron chi connectivity index (χ1n) is 7.02. The van der Waals surface area contributed by atoms with Crippen molar-refractivity contribution in [2.24, 2.45) is 5.92 Å². The molecule has 0 spiro atoms. The fourth-order valence-corrected chi connectivity index (χ4v) is 3.41. The van der Waals surface area contributed by atoms with Crippen LogP contribution in [-0.2, 0) is 6.42 Å². The van der Waals surface area contributed by atoms with Gasteiger partial charge in [0.2, 0.25) is 0 Å². The summed E-state index contributed by atoms with van der Waals surface area (Å²) in [5.41, 5.74) is 0.528. The van der Waals surface area contributed by atoms with Crippen LogP contribution < -0.4 is 4.74 Å². The number of halogens is 1. The highest BCUT2D eigenvalue weighted by molar-refractivity contribution is 5.38. The van der Waals surface area contributed by atoms with Crippen molar-refractivity contribution in [3.63, 3.8) is 0 Å². The Morgan fingerprint density at radius 1 is 1.37 bits per heavy atom. The summed E-state index contributed by atoms with van der Waals surface area (Å²) in [5.74, 6) is 1.14. The highest BCUT2D eigenvalue weighted by Crippen LogP contribution is 2.44. The van der Waals surface area contributed by atoms with Crippen molar-refractivity contribution in [3.8, 4) is 5.75 Å². The van der Waals surface area contributed by atoms with Gasteiger partial charge in [-0.15, -0.1) is 0 Å².